The number of piperazine rings is 1. The quantitative estimate of drug-likeness (QED) is 0.294. The van der Waals surface area contributed by atoms with Gasteiger partial charge in [0.2, 0.25) is 0 Å². The van der Waals surface area contributed by atoms with Gasteiger partial charge < -0.3 is 15.5 Å². The van der Waals surface area contributed by atoms with Crippen molar-refractivity contribution in [3.63, 3.8) is 0 Å². The summed E-state index contributed by atoms with van der Waals surface area (Å²) in [6.07, 6.45) is 8.64. The van der Waals surface area contributed by atoms with Gasteiger partial charge in [0, 0.05) is 85.3 Å². The topological polar surface area (TPSA) is 73.4 Å². The first kappa shape index (κ1) is 26.9. The lowest BCUT2D eigenvalue weighted by atomic mass is 10.1. The molecule has 3 heterocycles. The van der Waals surface area contributed by atoms with Crippen LogP contribution in [0.2, 0.25) is 0 Å². The number of nitrogens with one attached hydrogen (secondary N) is 2. The van der Waals surface area contributed by atoms with E-state index in [-0.39, 0.29) is 5.91 Å². The van der Waals surface area contributed by atoms with Crippen LogP contribution in [0.3, 0.4) is 0 Å². The molecule has 1 aliphatic heterocycles. The summed E-state index contributed by atoms with van der Waals surface area (Å²) in [5, 5.41) is 6.70. The summed E-state index contributed by atoms with van der Waals surface area (Å²) in [6.45, 7) is 9.49. The Morgan fingerprint density at radius 1 is 0.951 bits per heavy atom. The second kappa shape index (κ2) is 11.6. The second-order valence-electron chi connectivity index (χ2n) is 11.1. The van der Waals surface area contributed by atoms with Crippen LogP contribution in [0.1, 0.15) is 38.3 Å². The van der Waals surface area contributed by atoms with Gasteiger partial charge in [-0.2, -0.15) is 0 Å². The Bertz CT molecular complexity index is 1610. The van der Waals surface area contributed by atoms with Crippen molar-refractivity contribution in [1.82, 2.24) is 19.8 Å². The number of pyridine rings is 2. The maximum atomic E-state index is 13.3. The van der Waals surface area contributed by atoms with Gasteiger partial charge in [-0.1, -0.05) is 24.3 Å². The largest absolute Gasteiger partial charge is 0.355 e. The summed E-state index contributed by atoms with van der Waals surface area (Å²) in [4.78, 5) is 27.3. The highest BCUT2D eigenvalue weighted by atomic mass is 16.1. The minimum absolute atomic E-state index is 0.129. The van der Waals surface area contributed by atoms with E-state index in [1.54, 1.807) is 6.20 Å². The Morgan fingerprint density at radius 2 is 1.80 bits per heavy atom. The van der Waals surface area contributed by atoms with Gasteiger partial charge in [0.1, 0.15) is 0 Å². The highest BCUT2D eigenvalue weighted by Gasteiger charge is 2.18. The van der Waals surface area contributed by atoms with Gasteiger partial charge in [0.05, 0.1) is 11.4 Å². The number of aryl methyl sites for hydroxylation is 2. The van der Waals surface area contributed by atoms with Crippen LogP contribution < -0.4 is 10.6 Å². The first-order valence-corrected chi connectivity index (χ1v) is 14.2. The number of hydrogen-bond acceptors (Lipinski definition) is 6. The molecular weight excluding hydrogens is 508 g/mol. The Hall–Kier alpha value is -4.33. The summed E-state index contributed by atoms with van der Waals surface area (Å²) in [5.41, 5.74) is 10.8. The summed E-state index contributed by atoms with van der Waals surface area (Å²) >= 11 is 0. The van der Waals surface area contributed by atoms with Crippen LogP contribution in [0.5, 0.6) is 0 Å². The third-order valence-electron chi connectivity index (χ3n) is 8.05. The van der Waals surface area contributed by atoms with Crippen molar-refractivity contribution in [1.29, 1.82) is 0 Å². The normalized spacial score (nSPS) is 15.1. The number of rotatable bonds is 7. The van der Waals surface area contributed by atoms with E-state index >= 15 is 0 Å². The van der Waals surface area contributed by atoms with Crippen molar-refractivity contribution < 1.29 is 4.79 Å². The average Bonchev–Trinajstić information content (AvgIpc) is 3.46. The van der Waals surface area contributed by atoms with Crippen LogP contribution in [0.25, 0.3) is 17.3 Å². The third kappa shape index (κ3) is 6.06. The fourth-order valence-electron chi connectivity index (χ4n) is 5.45. The highest BCUT2D eigenvalue weighted by Crippen LogP contribution is 2.33. The van der Waals surface area contributed by atoms with Gasteiger partial charge in [-0.3, -0.25) is 19.7 Å². The van der Waals surface area contributed by atoms with Crippen molar-refractivity contribution in [3.05, 3.63) is 107 Å². The molecule has 0 bridgehead atoms. The molecule has 0 atom stereocenters. The van der Waals surface area contributed by atoms with Crippen LogP contribution in [-0.4, -0.2) is 58.9 Å². The molecule has 2 N–H and O–H groups in total. The van der Waals surface area contributed by atoms with Gasteiger partial charge in [-0.25, -0.2) is 0 Å². The standard InChI is InChI=1S/C34H36N6O/c1-23-9-10-25(34(41)36-28-12-11-27(24(2)18-28)22-40-16-14-39(3)15-17-40)19-31(23)38-33-20-32(26-6-5-13-35-21-26)37-30-8-4-7-29(30)33/h4-7,9-13,18-21H,8,14-17,22H2,1-3H3,(H,36,41)(H,37,38). The van der Waals surface area contributed by atoms with Gasteiger partial charge in [0.25, 0.3) is 5.91 Å². The molecule has 1 aliphatic carbocycles. The molecule has 6 rings (SSSR count). The van der Waals surface area contributed by atoms with E-state index in [2.05, 4.69) is 69.7 Å². The number of nitrogens with zero attached hydrogens (tertiary/aromatic N) is 4. The number of fused-ring (bicyclic) bond motifs is 1. The van der Waals surface area contributed by atoms with Crippen LogP contribution in [0.4, 0.5) is 17.1 Å². The molecule has 4 aromatic rings. The summed E-state index contributed by atoms with van der Waals surface area (Å²) in [6, 6.07) is 18.0. The van der Waals surface area contributed by atoms with E-state index in [0.29, 0.717) is 5.56 Å². The fourth-order valence-corrected chi connectivity index (χ4v) is 5.45. The summed E-state index contributed by atoms with van der Waals surface area (Å²) in [5.74, 6) is -0.129. The second-order valence-corrected chi connectivity index (χ2v) is 11.1. The zero-order valence-electron chi connectivity index (χ0n) is 23.9. The molecule has 0 radical (unpaired) electrons. The Kier molecular flexibility index (Phi) is 7.63. The third-order valence-corrected chi connectivity index (χ3v) is 8.05. The number of benzene rings is 2. The van der Waals surface area contributed by atoms with Crippen LogP contribution in [-0.2, 0) is 13.0 Å². The molecule has 0 spiro atoms. The van der Waals surface area contributed by atoms with Crippen molar-refractivity contribution in [2.75, 3.05) is 43.9 Å². The lowest BCUT2D eigenvalue weighted by Crippen LogP contribution is -2.43. The zero-order chi connectivity index (χ0) is 28.3. The molecule has 1 fully saturated rings. The summed E-state index contributed by atoms with van der Waals surface area (Å²) in [7, 11) is 2.18. The number of anilines is 3. The van der Waals surface area contributed by atoms with Crippen LogP contribution in [0.15, 0.2) is 73.1 Å². The number of carbonyl (C=O) groups is 1. The van der Waals surface area contributed by atoms with E-state index in [1.807, 2.05) is 49.5 Å². The van der Waals surface area contributed by atoms with Gasteiger partial charge in [0.15, 0.2) is 0 Å². The monoisotopic (exact) mass is 544 g/mol. The van der Waals surface area contributed by atoms with E-state index in [4.69, 9.17) is 4.98 Å². The molecule has 7 nitrogen and oxygen atoms in total. The summed E-state index contributed by atoms with van der Waals surface area (Å²) < 4.78 is 0. The predicted octanol–water partition coefficient (Wildman–Crippen LogP) is 6.07. The Labute approximate surface area is 242 Å². The molecule has 1 saturated heterocycles. The minimum Gasteiger partial charge on any atom is -0.355 e. The first-order chi connectivity index (χ1) is 19.9. The number of likely N-dealkylation sites (N-methyl/N-ethyl adjacent to an activating group) is 1. The van der Waals surface area contributed by atoms with Crippen molar-refractivity contribution in [3.8, 4) is 11.3 Å². The number of allylic oxidation sites excluding steroid dienone is 1. The number of carbonyl (C=O) groups excluding carboxylic acids is 1. The molecule has 2 aliphatic rings. The predicted molar refractivity (Wildman–Crippen MR) is 167 cm³/mol. The molecule has 41 heavy (non-hydrogen) atoms. The van der Waals surface area contributed by atoms with Crippen LogP contribution >= 0.6 is 0 Å². The average molecular weight is 545 g/mol. The molecule has 0 unspecified atom stereocenters. The zero-order valence-corrected chi connectivity index (χ0v) is 23.9. The molecule has 208 valence electrons. The molecule has 7 heteroatoms. The minimum atomic E-state index is -0.129. The maximum absolute atomic E-state index is 13.3. The number of amides is 1. The molecule has 2 aromatic carbocycles. The smallest absolute Gasteiger partial charge is 0.255 e. The van der Waals surface area contributed by atoms with E-state index in [0.717, 1.165) is 84.3 Å². The molecule has 1 amide bonds. The van der Waals surface area contributed by atoms with E-state index in [9.17, 15) is 4.79 Å². The van der Waals surface area contributed by atoms with Gasteiger partial charge in [-0.05, 0) is 80.1 Å². The fraction of sp³-hybridized carbons (Fsp3) is 0.265. The molecule has 2 aromatic heterocycles. The SMILES string of the molecule is Cc1cc(NC(=O)c2ccc(C)c(Nc3cc(-c4cccnc4)nc4c3C=CC4)c2)ccc1CN1CCN(C)CC1. The van der Waals surface area contributed by atoms with Gasteiger partial charge >= 0.3 is 0 Å². The maximum Gasteiger partial charge on any atom is 0.255 e. The lowest BCUT2D eigenvalue weighted by molar-refractivity contribution is 0.102. The van der Waals surface area contributed by atoms with E-state index < -0.39 is 0 Å². The van der Waals surface area contributed by atoms with E-state index in [1.165, 1.54) is 11.1 Å². The van der Waals surface area contributed by atoms with Crippen molar-refractivity contribution >= 4 is 29.0 Å². The molecular formula is C34H36N6O. The Morgan fingerprint density at radius 3 is 2.59 bits per heavy atom. The molecule has 0 saturated carbocycles. The van der Waals surface area contributed by atoms with Gasteiger partial charge in [-0.15, -0.1) is 0 Å². The van der Waals surface area contributed by atoms with Crippen LogP contribution in [0, 0.1) is 13.8 Å². The van der Waals surface area contributed by atoms with Crippen molar-refractivity contribution in [2.45, 2.75) is 26.8 Å². The number of hydrogen-bond donors (Lipinski definition) is 2. The van der Waals surface area contributed by atoms with Crippen molar-refractivity contribution in [2.24, 2.45) is 0 Å². The Balaban J connectivity index is 1.19. The first-order valence-electron chi connectivity index (χ1n) is 14.2. The number of aromatic nitrogens is 2. The highest BCUT2D eigenvalue weighted by molar-refractivity contribution is 6.05. The lowest BCUT2D eigenvalue weighted by Gasteiger charge is -2.32.